The van der Waals surface area contributed by atoms with E-state index in [1.54, 1.807) is 18.2 Å². The molecule has 3 heterocycles. The molecule has 3 saturated heterocycles. The number of amidine groups is 1. The van der Waals surface area contributed by atoms with E-state index in [1.165, 1.54) is 6.07 Å². The molecule has 0 aliphatic carbocycles. The molecular formula is C27H38F2N6O. The Labute approximate surface area is 213 Å². The lowest BCUT2D eigenvalue weighted by Gasteiger charge is -2.38. The third kappa shape index (κ3) is 6.25. The van der Waals surface area contributed by atoms with Crippen LogP contribution in [0.15, 0.2) is 65.3 Å². The molecule has 0 unspecified atom stereocenters. The monoisotopic (exact) mass is 500 g/mol. The van der Waals surface area contributed by atoms with Gasteiger partial charge in [-0.15, -0.1) is 0 Å². The summed E-state index contributed by atoms with van der Waals surface area (Å²) in [5.74, 6) is 0.609. The second-order valence-electron chi connectivity index (χ2n) is 9.40. The van der Waals surface area contributed by atoms with Crippen molar-refractivity contribution in [2.45, 2.75) is 6.92 Å². The van der Waals surface area contributed by atoms with Gasteiger partial charge in [-0.05, 0) is 32.2 Å². The number of halogens is 2. The van der Waals surface area contributed by atoms with Gasteiger partial charge in [-0.2, -0.15) is 0 Å². The van der Waals surface area contributed by atoms with E-state index >= 15 is 4.39 Å². The van der Waals surface area contributed by atoms with Crippen LogP contribution in [0.5, 0.6) is 0 Å². The molecule has 0 spiro atoms. The molecule has 9 heteroatoms. The maximum atomic E-state index is 16.3. The number of allylic oxidation sites excluding steroid dienone is 3. The number of rotatable bonds is 6. The Morgan fingerprint density at radius 3 is 2.19 bits per heavy atom. The highest BCUT2D eigenvalue weighted by Gasteiger charge is 2.27. The summed E-state index contributed by atoms with van der Waals surface area (Å²) < 4.78 is 36.0. The largest absolute Gasteiger partial charge is 0.378 e. The number of hydrogen-bond acceptors (Lipinski definition) is 6. The van der Waals surface area contributed by atoms with Crippen molar-refractivity contribution in [1.29, 1.82) is 0 Å². The molecule has 1 aromatic rings. The normalized spacial score (nSPS) is 21.6. The third-order valence-electron chi connectivity index (χ3n) is 7.05. The minimum absolute atomic E-state index is 0.205. The molecule has 0 radical (unpaired) electrons. The lowest BCUT2D eigenvalue weighted by Crippen LogP contribution is -2.49. The van der Waals surface area contributed by atoms with Gasteiger partial charge in [0.15, 0.2) is 11.6 Å². The molecule has 0 amide bonds. The third-order valence-corrected chi connectivity index (χ3v) is 7.05. The number of likely N-dealkylation sites (N-methyl/N-ethyl adjacent to an activating group) is 1. The van der Waals surface area contributed by atoms with Crippen LogP contribution in [0, 0.1) is 5.82 Å². The van der Waals surface area contributed by atoms with Crippen molar-refractivity contribution in [2.75, 3.05) is 90.6 Å². The molecule has 3 aliphatic heterocycles. The topological polar surface area (TPSA) is 37.8 Å². The Balaban J connectivity index is 1.57. The average molecular weight is 501 g/mol. The second kappa shape index (κ2) is 12.4. The summed E-state index contributed by atoms with van der Waals surface area (Å²) >= 11 is 0. The van der Waals surface area contributed by atoms with Crippen molar-refractivity contribution >= 4 is 11.5 Å². The number of hydrogen-bond donors (Lipinski definition) is 0. The number of para-hydroxylation sites is 1. The predicted octanol–water partition coefficient (Wildman–Crippen LogP) is 3.15. The van der Waals surface area contributed by atoms with Crippen molar-refractivity contribution in [2.24, 2.45) is 4.99 Å². The van der Waals surface area contributed by atoms with Gasteiger partial charge in [-0.3, -0.25) is 0 Å². The summed E-state index contributed by atoms with van der Waals surface area (Å²) in [5.41, 5.74) is 1.13. The Kier molecular flexibility index (Phi) is 8.98. The molecule has 0 N–H and O–H groups in total. The maximum Gasteiger partial charge on any atom is 0.188 e. The fourth-order valence-corrected chi connectivity index (χ4v) is 4.83. The zero-order chi connectivity index (χ0) is 25.5. The molecule has 7 nitrogen and oxygen atoms in total. The number of benzene rings is 1. The Bertz CT molecular complexity index is 988. The number of piperazine rings is 2. The molecule has 3 fully saturated rings. The van der Waals surface area contributed by atoms with Crippen LogP contribution in [0.1, 0.15) is 6.92 Å². The first-order valence-electron chi connectivity index (χ1n) is 12.8. The van der Waals surface area contributed by atoms with Gasteiger partial charge in [0.25, 0.3) is 0 Å². The highest BCUT2D eigenvalue weighted by molar-refractivity contribution is 5.81. The fourth-order valence-electron chi connectivity index (χ4n) is 4.83. The van der Waals surface area contributed by atoms with E-state index in [2.05, 4.69) is 28.3 Å². The summed E-state index contributed by atoms with van der Waals surface area (Å²) in [4.78, 5) is 15.4. The van der Waals surface area contributed by atoms with Crippen LogP contribution in [0.2, 0.25) is 0 Å². The van der Waals surface area contributed by atoms with E-state index in [0.29, 0.717) is 82.8 Å². The van der Waals surface area contributed by atoms with Gasteiger partial charge in [0.05, 0.1) is 24.6 Å². The molecule has 196 valence electrons. The van der Waals surface area contributed by atoms with E-state index in [1.807, 2.05) is 28.9 Å². The molecular weight excluding hydrogens is 462 g/mol. The van der Waals surface area contributed by atoms with Crippen LogP contribution in [0.4, 0.5) is 14.5 Å². The van der Waals surface area contributed by atoms with Gasteiger partial charge in [-0.25, -0.2) is 13.8 Å². The van der Waals surface area contributed by atoms with Gasteiger partial charge in [-0.1, -0.05) is 24.8 Å². The first kappa shape index (κ1) is 26.2. The molecule has 0 saturated carbocycles. The zero-order valence-electron chi connectivity index (χ0n) is 21.5. The van der Waals surface area contributed by atoms with E-state index in [-0.39, 0.29) is 11.6 Å². The van der Waals surface area contributed by atoms with Crippen LogP contribution >= 0.6 is 0 Å². The Morgan fingerprint density at radius 2 is 1.56 bits per heavy atom. The number of ether oxygens (including phenoxy) is 1. The lowest BCUT2D eigenvalue weighted by molar-refractivity contribution is 0.0531. The first-order valence-corrected chi connectivity index (χ1v) is 12.8. The second-order valence-corrected chi connectivity index (χ2v) is 9.40. The number of nitrogens with zero attached hydrogens (tertiary/aromatic N) is 6. The maximum absolute atomic E-state index is 16.3. The molecule has 3 aliphatic rings. The SMILES string of the molecule is C=C/C=C(/C(F)=C(\N=C(/C)N1CCN(c2ccccc2F)CC1)N1CCN(C)CC1)N1CCOCC1. The molecule has 0 atom stereocenters. The summed E-state index contributed by atoms with van der Waals surface area (Å²) in [6, 6.07) is 6.87. The fraction of sp³-hybridized carbons (Fsp3) is 0.519. The summed E-state index contributed by atoms with van der Waals surface area (Å²) in [7, 11) is 2.08. The minimum Gasteiger partial charge on any atom is -0.378 e. The summed E-state index contributed by atoms with van der Waals surface area (Å²) in [6.45, 7) is 14.0. The van der Waals surface area contributed by atoms with Crippen molar-refractivity contribution in [3.63, 3.8) is 0 Å². The Hall–Kier alpha value is -2.91. The van der Waals surface area contributed by atoms with Crippen molar-refractivity contribution < 1.29 is 13.5 Å². The molecule has 1 aromatic carbocycles. The lowest BCUT2D eigenvalue weighted by atomic mass is 10.2. The number of morpholine rings is 1. The van der Waals surface area contributed by atoms with Crippen LogP contribution in [0.25, 0.3) is 0 Å². The predicted molar refractivity (Wildman–Crippen MR) is 141 cm³/mol. The minimum atomic E-state index is -0.328. The quantitative estimate of drug-likeness (QED) is 0.340. The van der Waals surface area contributed by atoms with Gasteiger partial charge in [0.2, 0.25) is 0 Å². The smallest absolute Gasteiger partial charge is 0.188 e. The van der Waals surface area contributed by atoms with Gasteiger partial charge < -0.3 is 29.2 Å². The van der Waals surface area contributed by atoms with E-state index < -0.39 is 0 Å². The highest BCUT2D eigenvalue weighted by Crippen LogP contribution is 2.27. The standard InChI is InChI=1S/C27H38F2N6O/c1-4-7-25(34-18-20-36-21-19-34)26(29)27(35-12-10-31(3)11-13-35)30-22(2)32-14-16-33(17-15-32)24-9-6-5-8-23(24)28/h4-9H,1,10-21H2,2-3H3/b25-7-,27-26-,30-22+. The van der Waals surface area contributed by atoms with Crippen molar-refractivity contribution in [3.05, 3.63) is 66.2 Å². The highest BCUT2D eigenvalue weighted by atomic mass is 19.1. The molecule has 0 aromatic heterocycles. The van der Waals surface area contributed by atoms with Gasteiger partial charge in [0.1, 0.15) is 11.7 Å². The number of aliphatic imine (C=N–C) groups is 1. The van der Waals surface area contributed by atoms with E-state index in [9.17, 15) is 4.39 Å². The van der Waals surface area contributed by atoms with Crippen molar-refractivity contribution in [3.8, 4) is 0 Å². The van der Waals surface area contributed by atoms with Gasteiger partial charge in [0, 0.05) is 65.4 Å². The molecule has 36 heavy (non-hydrogen) atoms. The number of anilines is 1. The average Bonchev–Trinajstić information content (AvgIpc) is 2.91. The van der Waals surface area contributed by atoms with Crippen LogP contribution in [-0.2, 0) is 4.74 Å². The Morgan fingerprint density at radius 1 is 0.917 bits per heavy atom. The van der Waals surface area contributed by atoms with Crippen molar-refractivity contribution in [1.82, 2.24) is 19.6 Å². The first-order chi connectivity index (χ1) is 17.5. The van der Waals surface area contributed by atoms with E-state index in [0.717, 1.165) is 18.9 Å². The zero-order valence-corrected chi connectivity index (χ0v) is 21.5. The summed E-state index contributed by atoms with van der Waals surface area (Å²) in [5, 5.41) is 0. The van der Waals surface area contributed by atoms with Crippen LogP contribution in [0.3, 0.4) is 0 Å². The van der Waals surface area contributed by atoms with E-state index in [4.69, 9.17) is 9.73 Å². The van der Waals surface area contributed by atoms with Crippen LogP contribution in [-0.4, -0.2) is 111 Å². The molecule has 0 bridgehead atoms. The van der Waals surface area contributed by atoms with Crippen LogP contribution < -0.4 is 4.90 Å². The summed E-state index contributed by atoms with van der Waals surface area (Å²) in [6.07, 6.45) is 3.36. The molecule has 4 rings (SSSR count). The van der Waals surface area contributed by atoms with Gasteiger partial charge >= 0.3 is 0 Å².